The Hall–Kier alpha value is -5.56. The number of aromatic nitrogens is 3. The molecule has 1 saturated carbocycles. The van der Waals surface area contributed by atoms with E-state index in [1.54, 1.807) is 24.3 Å². The van der Waals surface area contributed by atoms with Gasteiger partial charge in [-0.2, -0.15) is 9.94 Å². The summed E-state index contributed by atoms with van der Waals surface area (Å²) in [6.45, 7) is 15.4. The van der Waals surface area contributed by atoms with Crippen molar-refractivity contribution in [2.75, 3.05) is 62.2 Å². The van der Waals surface area contributed by atoms with Gasteiger partial charge in [-0.3, -0.25) is 29.4 Å². The van der Waals surface area contributed by atoms with Crippen LogP contribution in [0.15, 0.2) is 65.5 Å². The zero-order valence-electron chi connectivity index (χ0n) is 35.7. The molecular weight excluding hydrogens is 810 g/mol. The Labute approximate surface area is 366 Å². The van der Waals surface area contributed by atoms with E-state index >= 15 is 0 Å². The van der Waals surface area contributed by atoms with Gasteiger partial charge < -0.3 is 24.6 Å². The number of fused-ring (bicyclic) bond motifs is 1. The van der Waals surface area contributed by atoms with Crippen molar-refractivity contribution in [3.63, 3.8) is 0 Å². The fraction of sp³-hybridized carbons (Fsp3) is 0.500. The van der Waals surface area contributed by atoms with Gasteiger partial charge >= 0.3 is 0 Å². The average molecular weight is 864 g/mol. The Kier molecular flexibility index (Phi) is 12.3. The van der Waals surface area contributed by atoms with Crippen LogP contribution in [0, 0.1) is 22.2 Å². The predicted octanol–water partition coefficient (Wildman–Crippen LogP) is 5.10. The summed E-state index contributed by atoms with van der Waals surface area (Å²) >= 11 is 6.25. The third-order valence-corrected chi connectivity index (χ3v) is 13.6. The number of carbonyl (C=O) groups is 3. The number of ether oxygens (including phenoxy) is 2. The lowest BCUT2D eigenvalue weighted by molar-refractivity contribution is -0.164. The van der Waals surface area contributed by atoms with Gasteiger partial charge in [0, 0.05) is 98.7 Å². The number of rotatable bonds is 12. The lowest BCUT2D eigenvalue weighted by atomic mass is 9.49. The molecule has 15 nitrogen and oxygen atoms in total. The highest BCUT2D eigenvalue weighted by molar-refractivity contribution is 6.31. The lowest BCUT2D eigenvalue weighted by Crippen LogP contribution is -2.74. The lowest BCUT2D eigenvalue weighted by Gasteiger charge is -2.63. The van der Waals surface area contributed by atoms with Crippen molar-refractivity contribution in [1.82, 2.24) is 30.5 Å². The molecule has 1 aromatic heterocycles. The first-order chi connectivity index (χ1) is 29.7. The molecule has 3 aliphatic heterocycles. The first-order valence-corrected chi connectivity index (χ1v) is 21.9. The number of carbonyl (C=O) groups excluding carboxylic acids is 3. The predicted molar refractivity (Wildman–Crippen MR) is 236 cm³/mol. The van der Waals surface area contributed by atoms with Crippen LogP contribution in [0.2, 0.25) is 5.02 Å². The number of amides is 3. The largest absolute Gasteiger partial charge is 0.489 e. The van der Waals surface area contributed by atoms with Gasteiger partial charge in [0.05, 0.1) is 22.1 Å². The second-order valence-electron chi connectivity index (χ2n) is 18.1. The normalized spacial score (nSPS) is 22.7. The molecule has 4 aromatic rings. The molecule has 3 aromatic carbocycles. The minimum absolute atomic E-state index is 0.109. The maximum atomic E-state index is 13.5. The highest BCUT2D eigenvalue weighted by Gasteiger charge is 2.64. The van der Waals surface area contributed by atoms with Crippen molar-refractivity contribution < 1.29 is 23.9 Å². The van der Waals surface area contributed by atoms with Crippen LogP contribution in [-0.4, -0.2) is 108 Å². The second kappa shape index (κ2) is 17.7. The number of piperazine rings is 1. The molecule has 1 atom stereocenters. The van der Waals surface area contributed by atoms with Crippen molar-refractivity contribution in [1.29, 1.82) is 5.26 Å². The zero-order valence-corrected chi connectivity index (χ0v) is 36.5. The summed E-state index contributed by atoms with van der Waals surface area (Å²) in [5.41, 5.74) is 2.43. The van der Waals surface area contributed by atoms with E-state index in [4.69, 9.17) is 21.1 Å². The summed E-state index contributed by atoms with van der Waals surface area (Å²) in [4.78, 5) is 58.0. The summed E-state index contributed by atoms with van der Waals surface area (Å²) in [5.74, 6) is -0.388. The maximum Gasteiger partial charge on any atom is 0.278 e. The number of halogens is 1. The van der Waals surface area contributed by atoms with Crippen LogP contribution in [-0.2, 0) is 14.3 Å². The Morgan fingerprint density at radius 3 is 2.27 bits per heavy atom. The maximum absolute atomic E-state index is 13.5. The molecule has 4 heterocycles. The molecule has 3 amide bonds. The van der Waals surface area contributed by atoms with Gasteiger partial charge in [0.2, 0.25) is 5.91 Å². The van der Waals surface area contributed by atoms with Crippen molar-refractivity contribution in [2.45, 2.75) is 84.1 Å². The third-order valence-electron chi connectivity index (χ3n) is 13.2. The minimum atomic E-state index is -0.855. The van der Waals surface area contributed by atoms with E-state index < -0.39 is 17.5 Å². The standard InChI is InChI=1S/C46H54ClN9O6/c1-45(2)43(46(3,4)44(45)62-34-12-8-30(28-48)36(47)27-34)50-40(58)29-6-9-31(10-7-29)55-23-21-53(22-24-55)18-5-25-61-33-16-19-54(20-17-33)32-11-13-37-35(26-32)42(60)56(52-51-37)38-14-15-39(57)49-41(38)59/h6-13,26-27,33,38,43-44H,5,14-25H2,1-4H3,(H,50,58)(H,49,57,59)/t38?,43-,44-. The van der Waals surface area contributed by atoms with Gasteiger partial charge in [0.25, 0.3) is 17.4 Å². The number of hydrogen-bond acceptors (Lipinski definition) is 12. The molecule has 1 unspecified atom stereocenters. The number of hydrogen-bond donors (Lipinski definition) is 2. The highest BCUT2D eigenvalue weighted by Crippen LogP contribution is 2.55. The van der Waals surface area contributed by atoms with Crippen LogP contribution in [0.3, 0.4) is 0 Å². The molecule has 4 aliphatic rings. The van der Waals surface area contributed by atoms with Crippen LogP contribution in [0.25, 0.3) is 10.9 Å². The first-order valence-electron chi connectivity index (χ1n) is 21.6. The van der Waals surface area contributed by atoms with Gasteiger partial charge in [-0.1, -0.05) is 44.5 Å². The molecule has 0 spiro atoms. The van der Waals surface area contributed by atoms with Crippen molar-refractivity contribution in [3.05, 3.63) is 87.2 Å². The molecule has 0 radical (unpaired) electrons. The third kappa shape index (κ3) is 8.73. The number of imide groups is 1. The van der Waals surface area contributed by atoms with Crippen molar-refractivity contribution in [3.8, 4) is 11.8 Å². The quantitative estimate of drug-likeness (QED) is 0.143. The molecule has 16 heteroatoms. The highest BCUT2D eigenvalue weighted by atomic mass is 35.5. The van der Waals surface area contributed by atoms with Gasteiger partial charge in [0.15, 0.2) is 0 Å². The Morgan fingerprint density at radius 1 is 0.903 bits per heavy atom. The summed E-state index contributed by atoms with van der Waals surface area (Å²) in [6.07, 6.45) is 3.10. The molecule has 0 bridgehead atoms. The van der Waals surface area contributed by atoms with Gasteiger partial charge in [-0.15, -0.1) is 5.10 Å². The van der Waals surface area contributed by atoms with Crippen LogP contribution in [0.4, 0.5) is 11.4 Å². The van der Waals surface area contributed by atoms with Crippen LogP contribution >= 0.6 is 11.6 Å². The number of nitrogens with one attached hydrogen (secondary N) is 2. The van der Waals surface area contributed by atoms with E-state index in [1.807, 2.05) is 36.4 Å². The topological polar surface area (TPSA) is 175 Å². The van der Waals surface area contributed by atoms with Crippen LogP contribution in [0.5, 0.6) is 5.75 Å². The summed E-state index contributed by atoms with van der Waals surface area (Å²) in [6, 6.07) is 19.6. The Balaban J connectivity index is 0.744. The number of anilines is 2. The molecule has 1 aliphatic carbocycles. The number of piperidine rings is 2. The van der Waals surface area contributed by atoms with Gasteiger partial charge in [0.1, 0.15) is 29.5 Å². The van der Waals surface area contributed by atoms with E-state index in [0.29, 0.717) is 39.4 Å². The van der Waals surface area contributed by atoms with Crippen molar-refractivity contribution in [2.24, 2.45) is 10.8 Å². The second-order valence-corrected chi connectivity index (χ2v) is 18.5. The summed E-state index contributed by atoms with van der Waals surface area (Å²) in [5, 5.41) is 23.7. The van der Waals surface area contributed by atoms with E-state index in [-0.39, 0.29) is 53.7 Å². The summed E-state index contributed by atoms with van der Waals surface area (Å²) < 4.78 is 13.8. The molecule has 8 rings (SSSR count). The number of benzene rings is 3. The molecule has 2 N–H and O–H groups in total. The Morgan fingerprint density at radius 2 is 1.60 bits per heavy atom. The Bertz CT molecular complexity index is 2420. The summed E-state index contributed by atoms with van der Waals surface area (Å²) in [7, 11) is 0. The monoisotopic (exact) mass is 863 g/mol. The molecule has 4 fully saturated rings. The first kappa shape index (κ1) is 43.1. The SMILES string of the molecule is CC1(C)[C@H](NC(=O)c2ccc(N3CCN(CCCOC4CCN(c5ccc6nnn(C7CCC(=O)NC7=O)c(=O)c6c5)CC4)CC3)cc2)C(C)(C)[C@H]1Oc1ccc(C#N)c(Cl)c1. The zero-order chi connectivity index (χ0) is 43.8. The molecule has 3 saturated heterocycles. The molecule has 326 valence electrons. The van der Waals surface area contributed by atoms with E-state index in [2.05, 4.69) is 69.4 Å². The van der Waals surface area contributed by atoms with E-state index in [0.717, 1.165) is 81.1 Å². The minimum Gasteiger partial charge on any atom is -0.489 e. The number of nitriles is 1. The fourth-order valence-corrected chi connectivity index (χ4v) is 10.3. The molecular formula is C46H54ClN9O6. The van der Waals surface area contributed by atoms with Crippen LogP contribution in [0.1, 0.15) is 81.8 Å². The average Bonchev–Trinajstić information content (AvgIpc) is 3.27. The van der Waals surface area contributed by atoms with Crippen LogP contribution < -0.4 is 30.7 Å². The smallest absolute Gasteiger partial charge is 0.278 e. The van der Waals surface area contributed by atoms with Crippen molar-refractivity contribution >= 4 is 51.6 Å². The van der Waals surface area contributed by atoms with E-state index in [1.165, 1.54) is 0 Å². The fourth-order valence-electron chi connectivity index (χ4n) is 10.0. The molecule has 62 heavy (non-hydrogen) atoms. The van der Waals surface area contributed by atoms with E-state index in [9.17, 15) is 24.4 Å². The van der Waals surface area contributed by atoms with Gasteiger partial charge in [-0.05, 0) is 80.3 Å². The number of nitrogens with zero attached hydrogens (tertiary/aromatic N) is 7. The van der Waals surface area contributed by atoms with Gasteiger partial charge in [-0.25, -0.2) is 0 Å².